The average molecular weight is 483 g/mol. The summed E-state index contributed by atoms with van der Waals surface area (Å²) in [6, 6.07) is 25.5. The van der Waals surface area contributed by atoms with Crippen LogP contribution in [-0.2, 0) is 13.1 Å². The zero-order chi connectivity index (χ0) is 24.7. The SMILES string of the molecule is O=C(O)c1ccc(CN2CCCN(Cc3ccc(Oc4ccc(-c5ccoc5)cc4)cc3)CC2)cc1. The molecule has 0 atom stereocenters. The lowest BCUT2D eigenvalue weighted by Gasteiger charge is -2.22. The number of rotatable bonds is 8. The van der Waals surface area contributed by atoms with Crippen LogP contribution >= 0.6 is 0 Å². The Bertz CT molecular complexity index is 1250. The number of aromatic carboxylic acids is 1. The van der Waals surface area contributed by atoms with Crippen molar-refractivity contribution in [2.24, 2.45) is 0 Å². The third-order valence-corrected chi connectivity index (χ3v) is 6.56. The molecule has 1 aromatic heterocycles. The minimum atomic E-state index is -0.883. The van der Waals surface area contributed by atoms with Crippen molar-refractivity contribution in [3.63, 3.8) is 0 Å². The van der Waals surface area contributed by atoms with Crippen LogP contribution in [0.1, 0.15) is 27.9 Å². The molecule has 0 spiro atoms. The van der Waals surface area contributed by atoms with Crippen LogP contribution in [0.3, 0.4) is 0 Å². The van der Waals surface area contributed by atoms with Crippen LogP contribution in [-0.4, -0.2) is 47.1 Å². The van der Waals surface area contributed by atoms with Crippen LogP contribution in [0.2, 0.25) is 0 Å². The molecule has 1 N–H and O–H groups in total. The lowest BCUT2D eigenvalue weighted by molar-refractivity contribution is 0.0697. The number of hydrogen-bond donors (Lipinski definition) is 1. The van der Waals surface area contributed by atoms with E-state index < -0.39 is 5.97 Å². The van der Waals surface area contributed by atoms with E-state index >= 15 is 0 Å². The minimum absolute atomic E-state index is 0.334. The van der Waals surface area contributed by atoms with E-state index in [1.54, 1.807) is 24.7 Å². The van der Waals surface area contributed by atoms with Crippen molar-refractivity contribution < 1.29 is 19.1 Å². The van der Waals surface area contributed by atoms with Gasteiger partial charge in [0.05, 0.1) is 18.1 Å². The molecule has 6 nitrogen and oxygen atoms in total. The van der Waals surface area contributed by atoms with Crippen molar-refractivity contribution in [3.8, 4) is 22.6 Å². The molecular weight excluding hydrogens is 452 g/mol. The fourth-order valence-electron chi connectivity index (χ4n) is 4.55. The summed E-state index contributed by atoms with van der Waals surface area (Å²) in [6.07, 6.45) is 4.52. The lowest BCUT2D eigenvalue weighted by atomic mass is 10.1. The Labute approximate surface area is 211 Å². The Morgan fingerprint density at radius 1 is 0.722 bits per heavy atom. The average Bonchev–Trinajstić information content (AvgIpc) is 3.35. The highest BCUT2D eigenvalue weighted by Crippen LogP contribution is 2.26. The molecule has 0 aliphatic carbocycles. The molecule has 6 heteroatoms. The molecular formula is C30H30N2O4. The highest BCUT2D eigenvalue weighted by atomic mass is 16.5. The van der Waals surface area contributed by atoms with Crippen molar-refractivity contribution in [3.05, 3.63) is 108 Å². The number of carboxylic acids is 1. The van der Waals surface area contributed by atoms with E-state index in [0.717, 1.165) is 73.9 Å². The smallest absolute Gasteiger partial charge is 0.335 e. The van der Waals surface area contributed by atoms with Gasteiger partial charge in [-0.2, -0.15) is 0 Å². The number of furan rings is 1. The van der Waals surface area contributed by atoms with E-state index in [4.69, 9.17) is 14.3 Å². The molecule has 1 fully saturated rings. The zero-order valence-electron chi connectivity index (χ0n) is 20.2. The number of carboxylic acid groups (broad SMARTS) is 1. The van der Waals surface area contributed by atoms with Crippen molar-refractivity contribution in [2.75, 3.05) is 26.2 Å². The summed E-state index contributed by atoms with van der Waals surface area (Å²) < 4.78 is 11.2. The van der Waals surface area contributed by atoms with Gasteiger partial charge >= 0.3 is 5.97 Å². The molecule has 0 bridgehead atoms. The molecule has 1 aliphatic heterocycles. The fourth-order valence-corrected chi connectivity index (χ4v) is 4.55. The van der Waals surface area contributed by atoms with Gasteiger partial charge < -0.3 is 14.3 Å². The summed E-state index contributed by atoms with van der Waals surface area (Å²) in [5, 5.41) is 9.08. The second-order valence-electron chi connectivity index (χ2n) is 9.19. The van der Waals surface area contributed by atoms with Gasteiger partial charge in [-0.1, -0.05) is 36.4 Å². The first-order valence-corrected chi connectivity index (χ1v) is 12.3. The zero-order valence-corrected chi connectivity index (χ0v) is 20.2. The van der Waals surface area contributed by atoms with Crippen molar-refractivity contribution in [2.45, 2.75) is 19.5 Å². The van der Waals surface area contributed by atoms with Crippen LogP contribution in [0.4, 0.5) is 0 Å². The van der Waals surface area contributed by atoms with Crippen LogP contribution in [0.15, 0.2) is 95.8 Å². The van der Waals surface area contributed by atoms with Crippen molar-refractivity contribution in [1.29, 1.82) is 0 Å². The number of carbonyl (C=O) groups is 1. The maximum absolute atomic E-state index is 11.1. The Balaban J connectivity index is 1.11. The molecule has 0 radical (unpaired) electrons. The number of benzene rings is 3. The third kappa shape index (κ3) is 6.22. The van der Waals surface area contributed by atoms with E-state index in [1.165, 1.54) is 5.56 Å². The van der Waals surface area contributed by atoms with Gasteiger partial charge in [-0.3, -0.25) is 9.80 Å². The predicted molar refractivity (Wildman–Crippen MR) is 139 cm³/mol. The van der Waals surface area contributed by atoms with Crippen LogP contribution in [0.5, 0.6) is 11.5 Å². The minimum Gasteiger partial charge on any atom is -0.478 e. The summed E-state index contributed by atoms with van der Waals surface area (Å²) in [7, 11) is 0. The second kappa shape index (κ2) is 11.2. The molecule has 0 amide bonds. The van der Waals surface area contributed by atoms with E-state index in [-0.39, 0.29) is 0 Å². The number of ether oxygens (including phenoxy) is 1. The standard InChI is InChI=1S/C30H30N2O4/c33-30(34)26-6-2-23(3-7-26)20-31-15-1-16-32(18-17-31)21-24-4-10-28(11-5-24)36-29-12-8-25(9-13-29)27-14-19-35-22-27/h2-14,19,22H,1,15-18,20-21H2,(H,33,34). The summed E-state index contributed by atoms with van der Waals surface area (Å²) in [5.74, 6) is 0.748. The maximum atomic E-state index is 11.1. The van der Waals surface area contributed by atoms with Crippen molar-refractivity contribution >= 4 is 5.97 Å². The van der Waals surface area contributed by atoms with Crippen LogP contribution in [0, 0.1) is 0 Å². The highest BCUT2D eigenvalue weighted by molar-refractivity contribution is 5.87. The van der Waals surface area contributed by atoms with Crippen LogP contribution in [0.25, 0.3) is 11.1 Å². The normalized spacial score (nSPS) is 14.9. The van der Waals surface area contributed by atoms with Gasteiger partial charge in [0.2, 0.25) is 0 Å². The van der Waals surface area contributed by atoms with E-state index in [2.05, 4.69) is 21.9 Å². The summed E-state index contributed by atoms with van der Waals surface area (Å²) in [6.45, 7) is 5.88. The Morgan fingerprint density at radius 2 is 1.28 bits per heavy atom. The molecule has 0 unspecified atom stereocenters. The highest BCUT2D eigenvalue weighted by Gasteiger charge is 2.16. The van der Waals surface area contributed by atoms with Crippen LogP contribution < -0.4 is 4.74 Å². The first-order chi connectivity index (χ1) is 17.6. The number of hydrogen-bond acceptors (Lipinski definition) is 5. The quantitative estimate of drug-likeness (QED) is 0.325. The monoisotopic (exact) mass is 482 g/mol. The van der Waals surface area contributed by atoms with Gasteiger partial charge in [0.15, 0.2) is 0 Å². The van der Waals surface area contributed by atoms with Gasteiger partial charge in [-0.05, 0) is 78.7 Å². The molecule has 4 aromatic rings. The molecule has 184 valence electrons. The summed E-state index contributed by atoms with van der Waals surface area (Å²) in [5.41, 5.74) is 4.91. The maximum Gasteiger partial charge on any atom is 0.335 e. The Morgan fingerprint density at radius 3 is 1.81 bits per heavy atom. The number of nitrogens with zero attached hydrogens (tertiary/aromatic N) is 2. The van der Waals surface area contributed by atoms with Crippen molar-refractivity contribution in [1.82, 2.24) is 9.80 Å². The van der Waals surface area contributed by atoms with E-state index in [9.17, 15) is 4.79 Å². The van der Waals surface area contributed by atoms with Gasteiger partial charge in [-0.15, -0.1) is 0 Å². The molecule has 2 heterocycles. The Kier molecular flexibility index (Phi) is 7.45. The lowest BCUT2D eigenvalue weighted by Crippen LogP contribution is -2.30. The van der Waals surface area contributed by atoms with Gasteiger partial charge in [0, 0.05) is 31.7 Å². The predicted octanol–water partition coefficient (Wildman–Crippen LogP) is 6.15. The molecule has 1 saturated heterocycles. The summed E-state index contributed by atoms with van der Waals surface area (Å²) in [4.78, 5) is 16.0. The third-order valence-electron chi connectivity index (χ3n) is 6.56. The molecule has 36 heavy (non-hydrogen) atoms. The molecule has 1 aliphatic rings. The van der Waals surface area contributed by atoms with Gasteiger partial charge in [-0.25, -0.2) is 4.79 Å². The largest absolute Gasteiger partial charge is 0.478 e. The fraction of sp³-hybridized carbons (Fsp3) is 0.233. The van der Waals surface area contributed by atoms with E-state index in [1.807, 2.05) is 54.6 Å². The van der Waals surface area contributed by atoms with E-state index in [0.29, 0.717) is 5.56 Å². The summed E-state index contributed by atoms with van der Waals surface area (Å²) >= 11 is 0. The molecule has 5 rings (SSSR count). The molecule has 3 aromatic carbocycles. The molecule has 0 saturated carbocycles. The van der Waals surface area contributed by atoms with Gasteiger partial charge in [0.25, 0.3) is 0 Å². The first kappa shape index (κ1) is 23.9. The first-order valence-electron chi connectivity index (χ1n) is 12.3. The topological polar surface area (TPSA) is 66.2 Å². The van der Waals surface area contributed by atoms with Gasteiger partial charge in [0.1, 0.15) is 11.5 Å². The second-order valence-corrected chi connectivity index (χ2v) is 9.19. The Hall–Kier alpha value is -3.87.